The van der Waals surface area contributed by atoms with Crippen molar-refractivity contribution in [3.63, 3.8) is 0 Å². The van der Waals surface area contributed by atoms with Gasteiger partial charge in [0.05, 0.1) is 24.3 Å². The molecule has 1 rings (SSSR count). The second-order valence-corrected chi connectivity index (χ2v) is 3.47. The van der Waals surface area contributed by atoms with Crippen molar-refractivity contribution in [1.29, 1.82) is 0 Å². The Balaban J connectivity index is 0.000000631. The molecule has 4 N–H and O–H groups in total. The van der Waals surface area contributed by atoms with Crippen LogP contribution in [-0.4, -0.2) is 45.6 Å². The fourth-order valence-corrected chi connectivity index (χ4v) is 1.28. The van der Waals surface area contributed by atoms with Gasteiger partial charge in [-0.05, 0) is 37.1 Å². The lowest BCUT2D eigenvalue weighted by atomic mass is 9.98. The van der Waals surface area contributed by atoms with Crippen LogP contribution in [0.5, 0.6) is 0 Å². The van der Waals surface area contributed by atoms with Crippen molar-refractivity contribution in [2.75, 3.05) is 13.2 Å². The maximum absolute atomic E-state index is 10.7. The van der Waals surface area contributed by atoms with Gasteiger partial charge >= 0.3 is 11.9 Å². The predicted octanol–water partition coefficient (Wildman–Crippen LogP) is 0.671. The standard InChI is InChI=1S/C10H10O4.C2H6O2/c1-5-6(2)8(10(13)14)4-3-7(5)9(11)12;3-1-2-4/h3-4H,1-2H3,(H,11,12)(H,13,14);3-4H,1-2H2. The zero-order valence-corrected chi connectivity index (χ0v) is 10.2. The number of benzene rings is 1. The molecule has 0 aliphatic rings. The average Bonchev–Trinajstić information content (AvgIpc) is 2.32. The number of aliphatic hydroxyl groups excluding tert-OH is 2. The first-order valence-electron chi connectivity index (χ1n) is 5.15. The smallest absolute Gasteiger partial charge is 0.335 e. The molecule has 0 amide bonds. The quantitative estimate of drug-likeness (QED) is 0.632. The Morgan fingerprint density at radius 2 is 1.17 bits per heavy atom. The lowest BCUT2D eigenvalue weighted by Gasteiger charge is -2.07. The zero-order valence-electron chi connectivity index (χ0n) is 10.2. The van der Waals surface area contributed by atoms with Gasteiger partial charge in [-0.2, -0.15) is 0 Å². The summed E-state index contributed by atoms with van der Waals surface area (Å²) in [7, 11) is 0. The highest BCUT2D eigenvalue weighted by Crippen LogP contribution is 2.17. The summed E-state index contributed by atoms with van der Waals surface area (Å²) in [6.07, 6.45) is 0. The number of aromatic carboxylic acids is 2. The van der Waals surface area contributed by atoms with Gasteiger partial charge in [0.25, 0.3) is 0 Å². The minimum atomic E-state index is -1.04. The second-order valence-electron chi connectivity index (χ2n) is 3.47. The van der Waals surface area contributed by atoms with Crippen molar-refractivity contribution < 1.29 is 30.0 Å². The van der Waals surface area contributed by atoms with Gasteiger partial charge in [-0.3, -0.25) is 0 Å². The molecule has 0 saturated carbocycles. The molecule has 0 fully saturated rings. The van der Waals surface area contributed by atoms with E-state index in [4.69, 9.17) is 20.4 Å². The van der Waals surface area contributed by atoms with Crippen LogP contribution >= 0.6 is 0 Å². The number of aliphatic hydroxyl groups is 2. The maximum Gasteiger partial charge on any atom is 0.335 e. The number of carbonyl (C=O) groups is 2. The Hall–Kier alpha value is -1.92. The van der Waals surface area contributed by atoms with Crippen LogP contribution < -0.4 is 0 Å². The topological polar surface area (TPSA) is 115 Å². The SMILES string of the molecule is Cc1c(C(=O)O)ccc(C(=O)O)c1C.OCCO. The molecule has 6 nitrogen and oxygen atoms in total. The molecule has 0 aromatic heterocycles. The van der Waals surface area contributed by atoms with Crippen molar-refractivity contribution in [3.8, 4) is 0 Å². The van der Waals surface area contributed by atoms with Gasteiger partial charge in [0.15, 0.2) is 0 Å². The molecule has 0 aliphatic heterocycles. The Kier molecular flexibility index (Phi) is 6.62. The molecule has 0 spiro atoms. The summed E-state index contributed by atoms with van der Waals surface area (Å²) in [5, 5.41) is 32.8. The fourth-order valence-electron chi connectivity index (χ4n) is 1.28. The molecule has 0 aliphatic carbocycles. The molecule has 0 bridgehead atoms. The first kappa shape index (κ1) is 16.1. The van der Waals surface area contributed by atoms with Gasteiger partial charge < -0.3 is 20.4 Å². The minimum absolute atomic E-state index is 0.125. The van der Waals surface area contributed by atoms with Crippen LogP contribution in [0.25, 0.3) is 0 Å². The van der Waals surface area contributed by atoms with Crippen LogP contribution in [0.2, 0.25) is 0 Å². The molecule has 0 saturated heterocycles. The van der Waals surface area contributed by atoms with E-state index in [1.54, 1.807) is 13.8 Å². The van der Waals surface area contributed by atoms with E-state index in [0.717, 1.165) is 0 Å². The van der Waals surface area contributed by atoms with Crippen LogP contribution in [0.4, 0.5) is 0 Å². The fraction of sp³-hybridized carbons (Fsp3) is 0.333. The molecule has 1 aromatic rings. The van der Waals surface area contributed by atoms with E-state index in [0.29, 0.717) is 11.1 Å². The largest absolute Gasteiger partial charge is 0.478 e. The molecule has 0 heterocycles. The molecule has 1 aromatic carbocycles. The van der Waals surface area contributed by atoms with E-state index in [9.17, 15) is 9.59 Å². The monoisotopic (exact) mass is 256 g/mol. The third-order valence-electron chi connectivity index (χ3n) is 2.35. The summed E-state index contributed by atoms with van der Waals surface area (Å²) in [4.78, 5) is 21.4. The summed E-state index contributed by atoms with van der Waals surface area (Å²) in [6, 6.07) is 2.63. The number of carboxylic acids is 2. The summed E-state index contributed by atoms with van der Waals surface area (Å²) >= 11 is 0. The van der Waals surface area contributed by atoms with Gasteiger partial charge in [-0.25, -0.2) is 9.59 Å². The molecule has 6 heteroatoms. The van der Waals surface area contributed by atoms with Crippen LogP contribution in [0.15, 0.2) is 12.1 Å². The Morgan fingerprint density at radius 1 is 0.889 bits per heavy atom. The van der Waals surface area contributed by atoms with Gasteiger partial charge in [0, 0.05) is 0 Å². The molecular weight excluding hydrogens is 240 g/mol. The Labute approximate surface area is 104 Å². The summed E-state index contributed by atoms with van der Waals surface area (Å²) in [6.45, 7) is 2.95. The van der Waals surface area contributed by atoms with Crippen LogP contribution in [0.3, 0.4) is 0 Å². The van der Waals surface area contributed by atoms with E-state index in [2.05, 4.69) is 0 Å². The van der Waals surface area contributed by atoms with Crippen molar-refractivity contribution in [2.24, 2.45) is 0 Å². The number of hydrogen-bond donors (Lipinski definition) is 4. The van der Waals surface area contributed by atoms with E-state index in [-0.39, 0.29) is 24.3 Å². The van der Waals surface area contributed by atoms with Crippen molar-refractivity contribution >= 4 is 11.9 Å². The third-order valence-corrected chi connectivity index (χ3v) is 2.35. The van der Waals surface area contributed by atoms with E-state index in [1.807, 2.05) is 0 Å². The van der Waals surface area contributed by atoms with Crippen LogP contribution in [0.1, 0.15) is 31.8 Å². The second kappa shape index (κ2) is 7.41. The minimum Gasteiger partial charge on any atom is -0.478 e. The Morgan fingerprint density at radius 3 is 1.33 bits per heavy atom. The maximum atomic E-state index is 10.7. The van der Waals surface area contributed by atoms with Crippen molar-refractivity contribution in [3.05, 3.63) is 34.4 Å². The van der Waals surface area contributed by atoms with E-state index in [1.165, 1.54) is 12.1 Å². The number of carboxylic acid groups (broad SMARTS) is 2. The van der Waals surface area contributed by atoms with Gasteiger partial charge in [0.1, 0.15) is 0 Å². The lowest BCUT2D eigenvalue weighted by Crippen LogP contribution is -2.06. The van der Waals surface area contributed by atoms with Crippen molar-refractivity contribution in [1.82, 2.24) is 0 Å². The number of rotatable bonds is 3. The molecule has 0 radical (unpaired) electrons. The molecule has 18 heavy (non-hydrogen) atoms. The molecule has 100 valence electrons. The van der Waals surface area contributed by atoms with Crippen LogP contribution in [0, 0.1) is 13.8 Å². The highest BCUT2D eigenvalue weighted by molar-refractivity contribution is 5.94. The highest BCUT2D eigenvalue weighted by Gasteiger charge is 2.14. The lowest BCUT2D eigenvalue weighted by molar-refractivity contribution is 0.0679. The first-order chi connectivity index (χ1) is 8.36. The van der Waals surface area contributed by atoms with E-state index >= 15 is 0 Å². The molecule has 0 atom stereocenters. The average molecular weight is 256 g/mol. The van der Waals surface area contributed by atoms with Crippen LogP contribution in [-0.2, 0) is 0 Å². The molecular formula is C12H16O6. The van der Waals surface area contributed by atoms with Gasteiger partial charge in [0.2, 0.25) is 0 Å². The Bertz CT molecular complexity index is 397. The van der Waals surface area contributed by atoms with Gasteiger partial charge in [-0.1, -0.05) is 0 Å². The summed E-state index contributed by atoms with van der Waals surface area (Å²) in [5.74, 6) is -2.08. The number of hydrogen-bond acceptors (Lipinski definition) is 4. The third kappa shape index (κ3) is 4.15. The summed E-state index contributed by atoms with van der Waals surface area (Å²) < 4.78 is 0. The normalized spacial score (nSPS) is 9.33. The van der Waals surface area contributed by atoms with Crippen molar-refractivity contribution in [2.45, 2.75) is 13.8 Å². The van der Waals surface area contributed by atoms with E-state index < -0.39 is 11.9 Å². The predicted molar refractivity (Wildman–Crippen MR) is 64.0 cm³/mol. The van der Waals surface area contributed by atoms with Gasteiger partial charge in [-0.15, -0.1) is 0 Å². The highest BCUT2D eigenvalue weighted by atomic mass is 16.4. The zero-order chi connectivity index (χ0) is 14.3. The summed E-state index contributed by atoms with van der Waals surface area (Å²) in [5.41, 5.74) is 1.29. The first-order valence-corrected chi connectivity index (χ1v) is 5.15. The molecule has 0 unspecified atom stereocenters.